The molecule has 2 aromatic carbocycles. The van der Waals surface area contributed by atoms with E-state index in [2.05, 4.69) is 10.2 Å². The van der Waals surface area contributed by atoms with Crippen LogP contribution in [-0.4, -0.2) is 59.3 Å². The lowest BCUT2D eigenvalue weighted by Crippen LogP contribution is -2.57. The highest BCUT2D eigenvalue weighted by atomic mass is 32.2. The number of benzene rings is 2. The number of anilines is 1. The summed E-state index contributed by atoms with van der Waals surface area (Å²) < 4.78 is 9.68. The number of nitrogens with one attached hydrogen (secondary N) is 1. The first kappa shape index (κ1) is 19.3. The number of para-hydroxylation sites is 1. The number of hydrogen-bond acceptors (Lipinski definition) is 6. The van der Waals surface area contributed by atoms with Gasteiger partial charge in [-0.15, -0.1) is 0 Å². The predicted octanol–water partition coefficient (Wildman–Crippen LogP) is 2.56. The molecule has 0 radical (unpaired) electrons. The summed E-state index contributed by atoms with van der Waals surface area (Å²) in [6, 6.07) is 13.6. The van der Waals surface area contributed by atoms with Crippen LogP contribution in [-0.2, 0) is 16.1 Å². The summed E-state index contributed by atoms with van der Waals surface area (Å²) in [5.41, 5.74) is 1.93. The molecular formula is C22H23N3O4S. The lowest BCUT2D eigenvalue weighted by Gasteiger charge is -2.40. The van der Waals surface area contributed by atoms with Crippen molar-refractivity contribution in [3.05, 3.63) is 48.0 Å². The third kappa shape index (κ3) is 3.40. The highest BCUT2D eigenvalue weighted by molar-refractivity contribution is 8.02. The summed E-state index contributed by atoms with van der Waals surface area (Å²) in [5.74, 6) is 1.20. The van der Waals surface area contributed by atoms with E-state index in [1.807, 2.05) is 47.4 Å². The van der Waals surface area contributed by atoms with Gasteiger partial charge in [0, 0.05) is 37.6 Å². The highest BCUT2D eigenvalue weighted by Gasteiger charge is 2.48. The summed E-state index contributed by atoms with van der Waals surface area (Å²) in [5, 5.41) is 2.89. The van der Waals surface area contributed by atoms with E-state index in [1.54, 1.807) is 6.92 Å². The van der Waals surface area contributed by atoms with Crippen molar-refractivity contribution in [2.45, 2.75) is 23.1 Å². The Bertz CT molecular complexity index is 1010. The van der Waals surface area contributed by atoms with Gasteiger partial charge < -0.3 is 19.7 Å². The average Bonchev–Trinajstić information content (AvgIpc) is 3.22. The molecule has 3 heterocycles. The van der Waals surface area contributed by atoms with Crippen molar-refractivity contribution in [3.63, 3.8) is 0 Å². The Hall–Kier alpha value is -2.71. The molecule has 1 fully saturated rings. The van der Waals surface area contributed by atoms with Crippen LogP contribution < -0.4 is 14.8 Å². The van der Waals surface area contributed by atoms with Crippen LogP contribution in [0.4, 0.5) is 5.69 Å². The van der Waals surface area contributed by atoms with Gasteiger partial charge >= 0.3 is 0 Å². The van der Waals surface area contributed by atoms with Crippen molar-refractivity contribution in [1.82, 2.24) is 9.80 Å². The zero-order valence-electron chi connectivity index (χ0n) is 16.7. The molecule has 1 atom stereocenters. The van der Waals surface area contributed by atoms with Crippen molar-refractivity contribution in [3.8, 4) is 11.5 Å². The third-order valence-electron chi connectivity index (χ3n) is 5.79. The fourth-order valence-corrected chi connectivity index (χ4v) is 5.19. The smallest absolute Gasteiger partial charge is 0.250 e. The van der Waals surface area contributed by atoms with Gasteiger partial charge in [-0.25, -0.2) is 0 Å². The van der Waals surface area contributed by atoms with Crippen LogP contribution in [0.1, 0.15) is 12.5 Å². The van der Waals surface area contributed by atoms with Crippen LogP contribution in [0.15, 0.2) is 47.4 Å². The van der Waals surface area contributed by atoms with Crippen molar-refractivity contribution in [2.24, 2.45) is 0 Å². The number of fused-ring (bicyclic) bond motifs is 2. The monoisotopic (exact) mass is 425 g/mol. The van der Waals surface area contributed by atoms with E-state index in [1.165, 1.54) is 11.8 Å². The minimum absolute atomic E-state index is 0.123. The Morgan fingerprint density at radius 1 is 1.10 bits per heavy atom. The number of ether oxygens (including phenoxy) is 2. The lowest BCUT2D eigenvalue weighted by molar-refractivity contribution is -0.139. The summed E-state index contributed by atoms with van der Waals surface area (Å²) in [6.45, 7) is 5.53. The van der Waals surface area contributed by atoms with Gasteiger partial charge in [-0.05, 0) is 36.8 Å². The number of piperazine rings is 1. The predicted molar refractivity (Wildman–Crippen MR) is 114 cm³/mol. The molecule has 1 unspecified atom stereocenters. The molecule has 0 aliphatic carbocycles. The molecular weight excluding hydrogens is 402 g/mol. The maximum absolute atomic E-state index is 13.3. The Labute approximate surface area is 179 Å². The molecule has 0 spiro atoms. The Balaban J connectivity index is 1.22. The second kappa shape index (κ2) is 7.52. The van der Waals surface area contributed by atoms with Crippen molar-refractivity contribution >= 4 is 29.3 Å². The molecule has 2 aromatic rings. The Kier molecular flexibility index (Phi) is 4.83. The summed E-state index contributed by atoms with van der Waals surface area (Å²) in [7, 11) is 0. The fourth-order valence-electron chi connectivity index (χ4n) is 4.02. The van der Waals surface area contributed by atoms with E-state index in [9.17, 15) is 9.59 Å². The van der Waals surface area contributed by atoms with E-state index in [-0.39, 0.29) is 18.6 Å². The number of rotatable bonds is 3. The molecule has 3 aliphatic heterocycles. The van der Waals surface area contributed by atoms with Crippen molar-refractivity contribution in [2.75, 3.05) is 38.3 Å². The van der Waals surface area contributed by atoms with Gasteiger partial charge in [0.05, 0.1) is 5.69 Å². The summed E-state index contributed by atoms with van der Waals surface area (Å²) in [4.78, 5) is 31.1. The summed E-state index contributed by atoms with van der Waals surface area (Å²) >= 11 is 1.34. The second-order valence-electron chi connectivity index (χ2n) is 7.84. The molecule has 5 rings (SSSR count). The molecule has 156 valence electrons. The van der Waals surface area contributed by atoms with Crippen LogP contribution in [0.5, 0.6) is 11.5 Å². The SMILES string of the molecule is CC1(C(=O)N2CCN(Cc3ccc4c(c3)OCO4)CC2)Sc2ccccc2NC1=O. The van der Waals surface area contributed by atoms with E-state index in [4.69, 9.17) is 9.47 Å². The average molecular weight is 426 g/mol. The number of amides is 2. The first-order valence-electron chi connectivity index (χ1n) is 10.0. The molecule has 2 amide bonds. The van der Waals surface area contributed by atoms with Crippen LogP contribution in [0, 0.1) is 0 Å². The standard InChI is InChI=1S/C22H23N3O4S/c1-22(20(26)23-16-4-2-3-5-19(16)30-22)21(27)25-10-8-24(9-11-25)13-15-6-7-17-18(12-15)29-14-28-17/h2-7,12H,8-11,13-14H2,1H3,(H,23,26). The van der Waals surface area contributed by atoms with Crippen LogP contribution in [0.2, 0.25) is 0 Å². The lowest BCUT2D eigenvalue weighted by atomic mass is 10.1. The molecule has 7 nitrogen and oxygen atoms in total. The first-order chi connectivity index (χ1) is 14.5. The molecule has 0 saturated carbocycles. The molecule has 1 N–H and O–H groups in total. The second-order valence-corrected chi connectivity index (χ2v) is 9.30. The maximum atomic E-state index is 13.3. The van der Waals surface area contributed by atoms with Crippen LogP contribution in [0.25, 0.3) is 0 Å². The van der Waals surface area contributed by atoms with Crippen molar-refractivity contribution in [1.29, 1.82) is 0 Å². The largest absolute Gasteiger partial charge is 0.454 e. The highest BCUT2D eigenvalue weighted by Crippen LogP contribution is 2.43. The molecule has 8 heteroatoms. The fraction of sp³-hybridized carbons (Fsp3) is 0.364. The summed E-state index contributed by atoms with van der Waals surface area (Å²) in [6.07, 6.45) is 0. The topological polar surface area (TPSA) is 71.1 Å². The van der Waals surface area contributed by atoms with E-state index in [0.717, 1.165) is 47.3 Å². The first-order valence-corrected chi connectivity index (χ1v) is 10.8. The number of thioether (sulfide) groups is 1. The van der Waals surface area contributed by atoms with Gasteiger partial charge in [-0.1, -0.05) is 30.0 Å². The maximum Gasteiger partial charge on any atom is 0.250 e. The molecule has 1 saturated heterocycles. The number of nitrogens with zero attached hydrogens (tertiary/aromatic N) is 2. The van der Waals surface area contributed by atoms with Crippen molar-refractivity contribution < 1.29 is 19.1 Å². The molecule has 30 heavy (non-hydrogen) atoms. The Morgan fingerprint density at radius 2 is 1.87 bits per heavy atom. The van der Waals surface area contributed by atoms with E-state index >= 15 is 0 Å². The van der Waals surface area contributed by atoms with Crippen LogP contribution >= 0.6 is 11.8 Å². The zero-order chi connectivity index (χ0) is 20.7. The van der Waals surface area contributed by atoms with Gasteiger partial charge in [0.15, 0.2) is 16.2 Å². The molecule has 0 bridgehead atoms. The van der Waals surface area contributed by atoms with Gasteiger partial charge in [-0.3, -0.25) is 14.5 Å². The molecule has 0 aromatic heterocycles. The number of carbonyl (C=O) groups excluding carboxylic acids is 2. The number of carbonyl (C=O) groups is 2. The zero-order valence-corrected chi connectivity index (χ0v) is 17.5. The quantitative estimate of drug-likeness (QED) is 0.763. The van der Waals surface area contributed by atoms with Gasteiger partial charge in [0.2, 0.25) is 18.6 Å². The van der Waals surface area contributed by atoms with Gasteiger partial charge in [-0.2, -0.15) is 0 Å². The normalized spacial score (nSPS) is 23.1. The minimum atomic E-state index is -1.14. The Morgan fingerprint density at radius 3 is 2.70 bits per heavy atom. The van der Waals surface area contributed by atoms with Crippen LogP contribution in [0.3, 0.4) is 0 Å². The van der Waals surface area contributed by atoms with E-state index < -0.39 is 4.75 Å². The van der Waals surface area contributed by atoms with E-state index in [0.29, 0.717) is 13.1 Å². The third-order valence-corrected chi connectivity index (χ3v) is 7.14. The van der Waals surface area contributed by atoms with Gasteiger partial charge in [0.1, 0.15) is 0 Å². The minimum Gasteiger partial charge on any atom is -0.454 e. The number of hydrogen-bond donors (Lipinski definition) is 1. The molecule has 3 aliphatic rings. The van der Waals surface area contributed by atoms with Gasteiger partial charge in [0.25, 0.3) is 0 Å².